The lowest BCUT2D eigenvalue weighted by atomic mass is 10.00. The van der Waals surface area contributed by atoms with E-state index in [1.807, 2.05) is 30.3 Å². The lowest BCUT2D eigenvalue weighted by molar-refractivity contribution is 0.220. The van der Waals surface area contributed by atoms with Crippen molar-refractivity contribution in [2.24, 2.45) is 0 Å². The summed E-state index contributed by atoms with van der Waals surface area (Å²) < 4.78 is 14.5. The van der Waals surface area contributed by atoms with Crippen molar-refractivity contribution in [2.45, 2.75) is 32.4 Å². The number of aromatic nitrogens is 2. The molecule has 3 aromatic carbocycles. The van der Waals surface area contributed by atoms with Gasteiger partial charge in [0, 0.05) is 18.5 Å². The highest BCUT2D eigenvalue weighted by Crippen LogP contribution is 2.29. The Bertz CT molecular complexity index is 1260. The molecule has 0 amide bonds. The number of hydrogen-bond acceptors (Lipinski definition) is 3. The van der Waals surface area contributed by atoms with Crippen LogP contribution in [0.1, 0.15) is 36.1 Å². The number of fused-ring (bicyclic) bond motifs is 1. The zero-order chi connectivity index (χ0) is 22.6. The van der Waals surface area contributed by atoms with E-state index < -0.39 is 0 Å². The summed E-state index contributed by atoms with van der Waals surface area (Å²) in [6.45, 7) is 7.86. The molecule has 5 rings (SSSR count). The number of halogens is 1. The van der Waals surface area contributed by atoms with E-state index in [4.69, 9.17) is 0 Å². The van der Waals surface area contributed by atoms with Gasteiger partial charge in [-0.3, -0.25) is 10.00 Å². The Labute approximate surface area is 194 Å². The van der Waals surface area contributed by atoms with E-state index in [0.717, 1.165) is 58.6 Å². The summed E-state index contributed by atoms with van der Waals surface area (Å²) in [5.41, 5.74) is 6.54. The Morgan fingerprint density at radius 2 is 1.76 bits per heavy atom. The van der Waals surface area contributed by atoms with Crippen LogP contribution in [0, 0.1) is 5.82 Å². The molecule has 1 saturated heterocycles. The van der Waals surface area contributed by atoms with E-state index in [1.165, 1.54) is 24.8 Å². The summed E-state index contributed by atoms with van der Waals surface area (Å²) in [4.78, 5) is 2.42. The number of nitrogens with one attached hydrogen (secondary N) is 2. The van der Waals surface area contributed by atoms with Gasteiger partial charge in [-0.2, -0.15) is 5.10 Å². The lowest BCUT2D eigenvalue weighted by Crippen LogP contribution is -2.29. The number of piperidine rings is 1. The fourth-order valence-electron chi connectivity index (χ4n) is 4.60. The highest BCUT2D eigenvalue weighted by Gasteiger charge is 2.14. The Balaban J connectivity index is 1.39. The molecule has 0 atom stereocenters. The fraction of sp³-hybridized carbons (Fsp3) is 0.250. The Hall–Kier alpha value is -3.44. The predicted octanol–water partition coefficient (Wildman–Crippen LogP) is 6.12. The molecule has 0 bridgehead atoms. The van der Waals surface area contributed by atoms with Crippen molar-refractivity contribution in [3.05, 3.63) is 95.9 Å². The summed E-state index contributed by atoms with van der Waals surface area (Å²) >= 11 is 0. The van der Waals surface area contributed by atoms with Gasteiger partial charge in [0.05, 0.1) is 11.2 Å². The van der Waals surface area contributed by atoms with E-state index in [9.17, 15) is 4.39 Å². The van der Waals surface area contributed by atoms with E-state index in [0.29, 0.717) is 6.54 Å². The first-order chi connectivity index (χ1) is 16.2. The van der Waals surface area contributed by atoms with Crippen molar-refractivity contribution < 1.29 is 4.39 Å². The number of nitrogens with zero attached hydrogens (tertiary/aromatic N) is 2. The van der Waals surface area contributed by atoms with Gasteiger partial charge in [0.1, 0.15) is 11.5 Å². The summed E-state index contributed by atoms with van der Waals surface area (Å²) in [6, 6.07) is 21.7. The largest absolute Gasteiger partial charge is 0.380 e. The molecule has 1 aromatic heterocycles. The van der Waals surface area contributed by atoms with Crippen LogP contribution in [0.3, 0.4) is 0 Å². The third kappa shape index (κ3) is 4.99. The van der Waals surface area contributed by atoms with Crippen molar-refractivity contribution in [3.63, 3.8) is 0 Å². The normalized spacial score (nSPS) is 14.5. The maximum atomic E-state index is 14.5. The first kappa shape index (κ1) is 21.4. The number of rotatable bonds is 7. The molecule has 168 valence electrons. The number of hydrogen-bond donors (Lipinski definition) is 2. The molecule has 0 saturated carbocycles. The van der Waals surface area contributed by atoms with Crippen LogP contribution in [-0.2, 0) is 13.1 Å². The van der Waals surface area contributed by atoms with Gasteiger partial charge in [-0.25, -0.2) is 4.39 Å². The molecule has 0 aliphatic carbocycles. The molecule has 0 radical (unpaired) electrons. The van der Waals surface area contributed by atoms with E-state index >= 15 is 0 Å². The van der Waals surface area contributed by atoms with Gasteiger partial charge in [-0.15, -0.1) is 0 Å². The second-order valence-corrected chi connectivity index (χ2v) is 8.84. The van der Waals surface area contributed by atoms with Crippen LogP contribution in [0.2, 0.25) is 0 Å². The van der Waals surface area contributed by atoms with Crippen molar-refractivity contribution in [1.82, 2.24) is 20.4 Å². The summed E-state index contributed by atoms with van der Waals surface area (Å²) in [7, 11) is 0. The Kier molecular flexibility index (Phi) is 6.22. The summed E-state index contributed by atoms with van der Waals surface area (Å²) in [5.74, 6) is -0.194. The predicted molar refractivity (Wildman–Crippen MR) is 133 cm³/mol. The molecule has 1 aliphatic heterocycles. The maximum absolute atomic E-state index is 14.5. The molecule has 2 heterocycles. The molecule has 4 aromatic rings. The van der Waals surface area contributed by atoms with Gasteiger partial charge < -0.3 is 5.32 Å². The minimum Gasteiger partial charge on any atom is -0.380 e. The van der Waals surface area contributed by atoms with Crippen LogP contribution in [0.15, 0.2) is 73.3 Å². The quantitative estimate of drug-likeness (QED) is 0.364. The van der Waals surface area contributed by atoms with Crippen LogP contribution in [0.25, 0.3) is 27.7 Å². The third-order valence-corrected chi connectivity index (χ3v) is 6.34. The van der Waals surface area contributed by atoms with Crippen molar-refractivity contribution >= 4 is 16.6 Å². The molecule has 1 aliphatic rings. The molecular formula is C28H29FN4. The average Bonchev–Trinajstić information content (AvgIpc) is 3.27. The Morgan fingerprint density at radius 3 is 2.58 bits per heavy atom. The van der Waals surface area contributed by atoms with Crippen molar-refractivity contribution in [3.8, 4) is 11.1 Å². The maximum Gasteiger partial charge on any atom is 0.124 e. The molecule has 0 spiro atoms. The average molecular weight is 441 g/mol. The lowest BCUT2D eigenvalue weighted by Gasteiger charge is -2.26. The molecule has 0 unspecified atom stereocenters. The van der Waals surface area contributed by atoms with Gasteiger partial charge in [0.2, 0.25) is 0 Å². The highest BCUT2D eigenvalue weighted by molar-refractivity contribution is 5.92. The van der Waals surface area contributed by atoms with Crippen molar-refractivity contribution in [1.29, 1.82) is 0 Å². The van der Waals surface area contributed by atoms with Crippen LogP contribution in [0.5, 0.6) is 0 Å². The standard InChI is InChI=1S/C28H29FN4/c1-20(30-18-21-8-4-2-5-9-21)28-26-17-23(10-11-27(26)31-32-28)24-14-22(15-25(29)16-24)19-33-12-6-3-7-13-33/h2,4-5,8-11,14-17,30H,1,3,6-7,12-13,18-19H2,(H,31,32). The third-order valence-electron chi connectivity index (χ3n) is 6.34. The van der Waals surface area contributed by atoms with Gasteiger partial charge in [-0.05, 0) is 78.5 Å². The van der Waals surface area contributed by atoms with E-state index in [2.05, 4.69) is 51.3 Å². The first-order valence-corrected chi connectivity index (χ1v) is 11.6. The Morgan fingerprint density at radius 1 is 0.939 bits per heavy atom. The number of H-pyrrole nitrogens is 1. The number of likely N-dealkylation sites (tertiary alicyclic amines) is 1. The van der Waals surface area contributed by atoms with E-state index in [-0.39, 0.29) is 5.82 Å². The molecule has 2 N–H and O–H groups in total. The molecule has 4 nitrogen and oxygen atoms in total. The smallest absolute Gasteiger partial charge is 0.124 e. The fourth-order valence-corrected chi connectivity index (χ4v) is 4.60. The molecule has 5 heteroatoms. The zero-order valence-electron chi connectivity index (χ0n) is 18.8. The monoisotopic (exact) mass is 440 g/mol. The van der Waals surface area contributed by atoms with Crippen LogP contribution in [-0.4, -0.2) is 28.2 Å². The van der Waals surface area contributed by atoms with Crippen LogP contribution < -0.4 is 5.32 Å². The second kappa shape index (κ2) is 9.59. The SMILES string of the molecule is C=C(NCc1ccccc1)c1n[nH]c2ccc(-c3cc(F)cc(CN4CCCCC4)c3)cc12. The van der Waals surface area contributed by atoms with Gasteiger partial charge >= 0.3 is 0 Å². The number of benzene rings is 3. The van der Waals surface area contributed by atoms with Gasteiger partial charge in [-0.1, -0.05) is 49.4 Å². The minimum absolute atomic E-state index is 0.194. The first-order valence-electron chi connectivity index (χ1n) is 11.6. The van der Waals surface area contributed by atoms with Crippen LogP contribution in [0.4, 0.5) is 4.39 Å². The second-order valence-electron chi connectivity index (χ2n) is 8.84. The molecule has 1 fully saturated rings. The number of aromatic amines is 1. The van der Waals surface area contributed by atoms with Gasteiger partial charge in [0.15, 0.2) is 0 Å². The molecular weight excluding hydrogens is 411 g/mol. The molecule has 33 heavy (non-hydrogen) atoms. The van der Waals surface area contributed by atoms with Crippen LogP contribution >= 0.6 is 0 Å². The highest BCUT2D eigenvalue weighted by atomic mass is 19.1. The minimum atomic E-state index is -0.194. The van der Waals surface area contributed by atoms with E-state index in [1.54, 1.807) is 12.1 Å². The van der Waals surface area contributed by atoms with Crippen molar-refractivity contribution in [2.75, 3.05) is 13.1 Å². The van der Waals surface area contributed by atoms with Gasteiger partial charge in [0.25, 0.3) is 0 Å². The zero-order valence-corrected chi connectivity index (χ0v) is 18.8. The summed E-state index contributed by atoms with van der Waals surface area (Å²) in [6.07, 6.45) is 3.75. The topological polar surface area (TPSA) is 44.0 Å². The summed E-state index contributed by atoms with van der Waals surface area (Å²) in [5, 5.41) is 11.9.